The first-order valence-corrected chi connectivity index (χ1v) is 7.35. The molecule has 2 rings (SSSR count). The smallest absolute Gasteiger partial charge is 0.227 e. The van der Waals surface area contributed by atoms with Crippen LogP contribution in [0.1, 0.15) is 44.4 Å². The van der Waals surface area contributed by atoms with Crippen molar-refractivity contribution < 1.29 is 4.79 Å². The van der Waals surface area contributed by atoms with Crippen molar-refractivity contribution in [1.82, 2.24) is 14.8 Å². The molecule has 0 bridgehead atoms. The molecule has 120 valence electrons. The Morgan fingerprint density at radius 1 is 1.17 bits per heavy atom. The van der Waals surface area contributed by atoms with Crippen molar-refractivity contribution in [3.05, 3.63) is 47.5 Å². The Morgan fingerprint density at radius 2 is 1.74 bits per heavy atom. The summed E-state index contributed by atoms with van der Waals surface area (Å²) < 4.78 is 1.83. The fourth-order valence-electron chi connectivity index (χ4n) is 2.23. The molecule has 0 fully saturated rings. The van der Waals surface area contributed by atoms with Crippen LogP contribution in [-0.2, 0) is 22.2 Å². The number of nitriles is 1. The van der Waals surface area contributed by atoms with Gasteiger partial charge in [-0.2, -0.15) is 5.26 Å². The number of hydrogen-bond donors (Lipinski definition) is 1. The van der Waals surface area contributed by atoms with Crippen molar-refractivity contribution in [1.29, 1.82) is 5.26 Å². The molecule has 0 atom stereocenters. The van der Waals surface area contributed by atoms with Crippen LogP contribution < -0.4 is 5.73 Å². The van der Waals surface area contributed by atoms with E-state index in [4.69, 9.17) is 5.73 Å². The summed E-state index contributed by atoms with van der Waals surface area (Å²) in [7, 11) is 0. The molecule has 0 saturated heterocycles. The van der Waals surface area contributed by atoms with Crippen LogP contribution >= 0.6 is 0 Å². The van der Waals surface area contributed by atoms with Crippen LogP contribution in [0.3, 0.4) is 0 Å². The molecule has 6 nitrogen and oxygen atoms in total. The van der Waals surface area contributed by atoms with Gasteiger partial charge in [0, 0.05) is 0 Å². The molecule has 2 aromatic rings. The summed E-state index contributed by atoms with van der Waals surface area (Å²) in [5.41, 5.74) is 6.70. The van der Waals surface area contributed by atoms with Gasteiger partial charge >= 0.3 is 0 Å². The molecular weight excluding hydrogens is 290 g/mol. The van der Waals surface area contributed by atoms with Crippen molar-refractivity contribution in [3.63, 3.8) is 0 Å². The molecule has 0 aliphatic heterocycles. The highest BCUT2D eigenvalue weighted by Gasteiger charge is 2.30. The first kappa shape index (κ1) is 16.7. The molecule has 6 heteroatoms. The third-order valence-electron chi connectivity index (χ3n) is 4.16. The number of benzene rings is 1. The van der Waals surface area contributed by atoms with E-state index >= 15 is 0 Å². The summed E-state index contributed by atoms with van der Waals surface area (Å²) in [5, 5.41) is 17.0. The van der Waals surface area contributed by atoms with Gasteiger partial charge in [-0.1, -0.05) is 18.2 Å². The molecule has 23 heavy (non-hydrogen) atoms. The zero-order valence-corrected chi connectivity index (χ0v) is 13.9. The lowest BCUT2D eigenvalue weighted by atomic mass is 9.78. The summed E-state index contributed by atoms with van der Waals surface area (Å²) >= 11 is 0. The fourth-order valence-corrected chi connectivity index (χ4v) is 2.23. The number of nitrogens with two attached hydrogens (primary N) is 1. The molecule has 0 aliphatic rings. The Morgan fingerprint density at radius 3 is 2.26 bits per heavy atom. The summed E-state index contributed by atoms with van der Waals surface area (Å²) in [6.45, 7) is 7.84. The highest BCUT2D eigenvalue weighted by Crippen LogP contribution is 2.30. The van der Waals surface area contributed by atoms with Crippen LogP contribution in [0.25, 0.3) is 0 Å². The topological polar surface area (TPSA) is 97.6 Å². The average molecular weight is 311 g/mol. The van der Waals surface area contributed by atoms with Crippen molar-refractivity contribution in [2.45, 2.75) is 45.1 Å². The molecule has 1 aromatic heterocycles. The SMILES string of the molecule is CC(C)(C#N)c1cc(Cn2cnnc2)cc(C(C)(C)C(N)=O)c1. The number of amides is 1. The molecule has 0 unspecified atom stereocenters. The monoisotopic (exact) mass is 311 g/mol. The Hall–Kier alpha value is -2.68. The molecule has 0 radical (unpaired) electrons. The maximum Gasteiger partial charge on any atom is 0.227 e. The van der Waals surface area contributed by atoms with Crippen molar-refractivity contribution in [2.24, 2.45) is 5.73 Å². The number of carbonyl (C=O) groups excluding carboxylic acids is 1. The lowest BCUT2D eigenvalue weighted by molar-refractivity contribution is -0.122. The molecule has 1 heterocycles. The van der Waals surface area contributed by atoms with Gasteiger partial charge < -0.3 is 10.3 Å². The van der Waals surface area contributed by atoms with Gasteiger partial charge in [0.25, 0.3) is 0 Å². The van der Waals surface area contributed by atoms with Crippen LogP contribution in [-0.4, -0.2) is 20.7 Å². The van der Waals surface area contributed by atoms with Gasteiger partial charge in [-0.05, 0) is 44.4 Å². The van der Waals surface area contributed by atoms with Crippen LogP contribution in [0, 0.1) is 11.3 Å². The standard InChI is InChI=1S/C17H21N5O/c1-16(2,9-18)13-5-12(8-22-10-20-21-11-22)6-14(7-13)17(3,4)15(19)23/h5-7,10-11H,8H2,1-4H3,(H2,19,23). The summed E-state index contributed by atoms with van der Waals surface area (Å²) in [6, 6.07) is 8.12. The zero-order chi connectivity index (χ0) is 17.3. The second kappa shape index (κ2) is 5.84. The fraction of sp³-hybridized carbons (Fsp3) is 0.412. The molecule has 0 spiro atoms. The molecule has 1 amide bonds. The van der Waals surface area contributed by atoms with E-state index < -0.39 is 16.7 Å². The van der Waals surface area contributed by atoms with Gasteiger partial charge in [0.05, 0.1) is 23.4 Å². The summed E-state index contributed by atoms with van der Waals surface area (Å²) in [5.74, 6) is -0.403. The maximum absolute atomic E-state index is 11.8. The minimum absolute atomic E-state index is 0.403. The summed E-state index contributed by atoms with van der Waals surface area (Å²) in [4.78, 5) is 11.8. The molecular formula is C17H21N5O. The van der Waals surface area contributed by atoms with Crippen LogP contribution in [0.4, 0.5) is 0 Å². The van der Waals surface area contributed by atoms with Gasteiger partial charge in [-0.3, -0.25) is 4.79 Å². The van der Waals surface area contributed by atoms with E-state index in [0.717, 1.165) is 16.7 Å². The number of carbonyl (C=O) groups is 1. The van der Waals surface area contributed by atoms with Gasteiger partial charge in [0.2, 0.25) is 5.91 Å². The van der Waals surface area contributed by atoms with Crippen molar-refractivity contribution >= 4 is 5.91 Å². The predicted molar refractivity (Wildman–Crippen MR) is 86.4 cm³/mol. The first-order chi connectivity index (χ1) is 10.7. The normalized spacial score (nSPS) is 12.0. The minimum Gasteiger partial charge on any atom is -0.369 e. The molecule has 1 aromatic carbocycles. The van der Waals surface area contributed by atoms with Crippen LogP contribution in [0.5, 0.6) is 0 Å². The molecule has 2 N–H and O–H groups in total. The zero-order valence-electron chi connectivity index (χ0n) is 13.9. The lowest BCUT2D eigenvalue weighted by Gasteiger charge is -2.25. The Kier molecular flexibility index (Phi) is 4.24. The maximum atomic E-state index is 11.8. The quantitative estimate of drug-likeness (QED) is 0.911. The second-order valence-electron chi connectivity index (χ2n) is 6.78. The van der Waals surface area contributed by atoms with Gasteiger partial charge in [0.15, 0.2) is 0 Å². The van der Waals surface area contributed by atoms with Crippen molar-refractivity contribution in [3.8, 4) is 6.07 Å². The minimum atomic E-state index is -0.816. The lowest BCUT2D eigenvalue weighted by Crippen LogP contribution is -2.36. The predicted octanol–water partition coefficient (Wildman–Crippen LogP) is 1.89. The van der Waals surface area contributed by atoms with Gasteiger partial charge in [0.1, 0.15) is 12.7 Å². The highest BCUT2D eigenvalue weighted by molar-refractivity contribution is 5.85. The number of rotatable bonds is 5. The van der Waals surface area contributed by atoms with E-state index in [1.54, 1.807) is 26.5 Å². The van der Waals surface area contributed by atoms with Crippen LogP contribution in [0.15, 0.2) is 30.9 Å². The van der Waals surface area contributed by atoms with Gasteiger partial charge in [-0.15, -0.1) is 10.2 Å². The molecule has 0 aliphatic carbocycles. The number of nitrogens with zero attached hydrogens (tertiary/aromatic N) is 4. The molecule has 0 saturated carbocycles. The van der Waals surface area contributed by atoms with Gasteiger partial charge in [-0.25, -0.2) is 0 Å². The van der Waals surface area contributed by atoms with E-state index in [-0.39, 0.29) is 0 Å². The number of hydrogen-bond acceptors (Lipinski definition) is 4. The Balaban J connectivity index is 2.57. The number of aromatic nitrogens is 3. The largest absolute Gasteiger partial charge is 0.369 e. The Labute approximate surface area is 135 Å². The van der Waals surface area contributed by atoms with E-state index in [0.29, 0.717) is 6.54 Å². The third-order valence-corrected chi connectivity index (χ3v) is 4.16. The van der Waals surface area contributed by atoms with E-state index in [1.807, 2.05) is 36.6 Å². The Bertz CT molecular complexity index is 754. The van der Waals surface area contributed by atoms with E-state index in [1.165, 1.54) is 0 Å². The van der Waals surface area contributed by atoms with E-state index in [2.05, 4.69) is 16.3 Å². The third kappa shape index (κ3) is 3.39. The summed E-state index contributed by atoms with van der Waals surface area (Å²) in [6.07, 6.45) is 3.25. The van der Waals surface area contributed by atoms with Crippen LogP contribution in [0.2, 0.25) is 0 Å². The number of primary amides is 1. The average Bonchev–Trinajstić information content (AvgIpc) is 2.99. The van der Waals surface area contributed by atoms with Crippen molar-refractivity contribution in [2.75, 3.05) is 0 Å². The first-order valence-electron chi connectivity index (χ1n) is 7.35. The van der Waals surface area contributed by atoms with E-state index in [9.17, 15) is 10.1 Å². The second-order valence-corrected chi connectivity index (χ2v) is 6.78. The highest BCUT2D eigenvalue weighted by atomic mass is 16.1.